The monoisotopic (exact) mass is 324 g/mol. The molecular formula is C18H16N2O2S. The molecule has 2 aromatic carbocycles. The molecule has 0 radical (unpaired) electrons. The van der Waals surface area contributed by atoms with Gasteiger partial charge in [0.2, 0.25) is 0 Å². The second kappa shape index (κ2) is 7.21. The maximum atomic E-state index is 12.1. The third-order valence-electron chi connectivity index (χ3n) is 3.65. The summed E-state index contributed by atoms with van der Waals surface area (Å²) >= 11 is 1.82. The van der Waals surface area contributed by atoms with E-state index in [1.54, 1.807) is 24.3 Å². The molecule has 0 bridgehead atoms. The van der Waals surface area contributed by atoms with Gasteiger partial charge in [-0.15, -0.1) is 11.8 Å². The first-order chi connectivity index (χ1) is 11.3. The first-order valence-electron chi connectivity index (χ1n) is 7.40. The number of fused-ring (bicyclic) bond motifs is 1. The molecule has 2 aromatic rings. The summed E-state index contributed by atoms with van der Waals surface area (Å²) in [6.07, 6.45) is 0.921. The second-order valence-corrected chi connectivity index (χ2v) is 6.36. The summed E-state index contributed by atoms with van der Waals surface area (Å²) in [6.45, 7) is -0.0300. The van der Waals surface area contributed by atoms with Crippen LogP contribution < -0.4 is 10.1 Å². The Morgan fingerprint density at radius 2 is 2.04 bits per heavy atom. The lowest BCUT2D eigenvalue weighted by atomic mass is 10.0. The summed E-state index contributed by atoms with van der Waals surface area (Å²) in [7, 11) is 0. The van der Waals surface area contributed by atoms with Crippen LogP contribution in [0.5, 0.6) is 5.75 Å². The molecule has 0 aromatic heterocycles. The van der Waals surface area contributed by atoms with Crippen molar-refractivity contribution >= 4 is 17.7 Å². The van der Waals surface area contributed by atoms with Crippen LogP contribution in [-0.2, 0) is 4.79 Å². The van der Waals surface area contributed by atoms with Crippen LogP contribution in [0.15, 0.2) is 53.4 Å². The van der Waals surface area contributed by atoms with Gasteiger partial charge in [-0.1, -0.05) is 18.2 Å². The Balaban J connectivity index is 1.57. The number of carbonyl (C=O) groups excluding carboxylic acids is 1. The lowest BCUT2D eigenvalue weighted by Gasteiger charge is -2.25. The zero-order valence-electron chi connectivity index (χ0n) is 12.5. The Labute approximate surface area is 139 Å². The van der Waals surface area contributed by atoms with Crippen LogP contribution in [0, 0.1) is 11.3 Å². The fraction of sp³-hybridized carbons (Fsp3) is 0.222. The van der Waals surface area contributed by atoms with Gasteiger partial charge in [0.1, 0.15) is 5.75 Å². The van der Waals surface area contributed by atoms with Gasteiger partial charge in [-0.05, 0) is 42.3 Å². The van der Waals surface area contributed by atoms with Crippen LogP contribution in [-0.4, -0.2) is 18.3 Å². The highest BCUT2D eigenvalue weighted by atomic mass is 32.2. The van der Waals surface area contributed by atoms with Gasteiger partial charge in [0, 0.05) is 10.6 Å². The number of nitrogens with one attached hydrogen (secondary N) is 1. The Kier molecular flexibility index (Phi) is 4.84. The van der Waals surface area contributed by atoms with Gasteiger partial charge < -0.3 is 10.1 Å². The zero-order chi connectivity index (χ0) is 16.1. The number of hydrogen-bond donors (Lipinski definition) is 1. The first-order valence-corrected chi connectivity index (χ1v) is 8.39. The highest BCUT2D eigenvalue weighted by molar-refractivity contribution is 7.99. The molecule has 4 nitrogen and oxygen atoms in total. The van der Waals surface area contributed by atoms with Crippen LogP contribution in [0.4, 0.5) is 0 Å². The SMILES string of the molecule is N#Cc1ccc(OCC(=O)NC2CCSc3ccccc32)cc1. The van der Waals surface area contributed by atoms with Gasteiger partial charge in [-0.25, -0.2) is 0 Å². The van der Waals surface area contributed by atoms with Crippen molar-refractivity contribution in [2.45, 2.75) is 17.4 Å². The van der Waals surface area contributed by atoms with Gasteiger partial charge in [0.15, 0.2) is 6.61 Å². The summed E-state index contributed by atoms with van der Waals surface area (Å²) in [6, 6.07) is 17.0. The molecular weight excluding hydrogens is 308 g/mol. The van der Waals surface area contributed by atoms with E-state index in [1.165, 1.54) is 10.5 Å². The predicted octanol–water partition coefficient (Wildman–Crippen LogP) is 3.29. The van der Waals surface area contributed by atoms with Gasteiger partial charge in [-0.3, -0.25) is 4.79 Å². The molecule has 1 aliphatic rings. The molecule has 0 saturated carbocycles. The summed E-state index contributed by atoms with van der Waals surface area (Å²) in [5, 5.41) is 11.8. The maximum Gasteiger partial charge on any atom is 0.258 e. The quantitative estimate of drug-likeness (QED) is 0.937. The molecule has 1 atom stereocenters. The van der Waals surface area contributed by atoms with Crippen molar-refractivity contribution in [1.29, 1.82) is 5.26 Å². The highest BCUT2D eigenvalue weighted by Gasteiger charge is 2.21. The van der Waals surface area contributed by atoms with Crippen LogP contribution >= 0.6 is 11.8 Å². The van der Waals surface area contributed by atoms with Crippen LogP contribution in [0.1, 0.15) is 23.6 Å². The summed E-state index contributed by atoms with van der Waals surface area (Å²) in [5.74, 6) is 1.44. The molecule has 1 unspecified atom stereocenters. The topological polar surface area (TPSA) is 62.1 Å². The zero-order valence-corrected chi connectivity index (χ0v) is 13.3. The maximum absolute atomic E-state index is 12.1. The van der Waals surface area contributed by atoms with Crippen LogP contribution in [0.3, 0.4) is 0 Å². The number of carbonyl (C=O) groups is 1. The van der Waals surface area contributed by atoms with Crippen molar-refractivity contribution in [3.8, 4) is 11.8 Å². The van der Waals surface area contributed by atoms with Crippen molar-refractivity contribution in [1.82, 2.24) is 5.32 Å². The van der Waals surface area contributed by atoms with E-state index in [0.29, 0.717) is 11.3 Å². The molecule has 1 amide bonds. The molecule has 1 aliphatic heterocycles. The van der Waals surface area contributed by atoms with E-state index in [4.69, 9.17) is 10.00 Å². The first kappa shape index (κ1) is 15.4. The normalized spacial score (nSPS) is 16.0. The Morgan fingerprint density at radius 1 is 1.26 bits per heavy atom. The van der Waals surface area contributed by atoms with Crippen LogP contribution in [0.2, 0.25) is 0 Å². The molecule has 23 heavy (non-hydrogen) atoms. The fourth-order valence-corrected chi connectivity index (χ4v) is 3.63. The molecule has 5 heteroatoms. The average molecular weight is 324 g/mol. The molecule has 0 saturated heterocycles. The molecule has 0 aliphatic carbocycles. The van der Waals surface area contributed by atoms with Crippen molar-refractivity contribution in [2.24, 2.45) is 0 Å². The molecule has 3 rings (SSSR count). The molecule has 0 fully saturated rings. The van der Waals surface area contributed by atoms with Crippen molar-refractivity contribution in [3.63, 3.8) is 0 Å². The molecule has 0 spiro atoms. The fourth-order valence-electron chi connectivity index (χ4n) is 2.50. The smallest absolute Gasteiger partial charge is 0.258 e. The minimum Gasteiger partial charge on any atom is -0.484 e. The van der Waals surface area contributed by atoms with E-state index < -0.39 is 0 Å². The Hall–Kier alpha value is -2.45. The Morgan fingerprint density at radius 3 is 2.83 bits per heavy atom. The second-order valence-electron chi connectivity index (χ2n) is 5.22. The van der Waals surface area contributed by atoms with Gasteiger partial charge >= 0.3 is 0 Å². The summed E-state index contributed by atoms with van der Waals surface area (Å²) in [5.41, 5.74) is 1.74. The largest absolute Gasteiger partial charge is 0.484 e. The highest BCUT2D eigenvalue weighted by Crippen LogP contribution is 2.35. The number of hydrogen-bond acceptors (Lipinski definition) is 4. The number of thioether (sulfide) groups is 1. The molecule has 1 heterocycles. The third kappa shape index (κ3) is 3.85. The van der Waals surface area contributed by atoms with Crippen LogP contribution in [0.25, 0.3) is 0 Å². The summed E-state index contributed by atoms with van der Waals surface area (Å²) < 4.78 is 5.47. The van der Waals surface area contributed by atoms with Crippen molar-refractivity contribution < 1.29 is 9.53 Å². The van der Waals surface area contributed by atoms with E-state index in [9.17, 15) is 4.79 Å². The van der Waals surface area contributed by atoms with Crippen molar-refractivity contribution in [3.05, 3.63) is 59.7 Å². The average Bonchev–Trinajstić information content (AvgIpc) is 2.61. The van der Waals surface area contributed by atoms with E-state index in [2.05, 4.69) is 17.4 Å². The summed E-state index contributed by atoms with van der Waals surface area (Å²) in [4.78, 5) is 13.4. The Bertz CT molecular complexity index is 737. The molecule has 1 N–H and O–H groups in total. The number of benzene rings is 2. The standard InChI is InChI=1S/C18H16N2O2S/c19-11-13-5-7-14(8-6-13)22-12-18(21)20-16-9-10-23-17-4-2-1-3-15(16)17/h1-8,16H,9-10,12H2,(H,20,21). The number of amides is 1. The number of ether oxygens (including phenoxy) is 1. The third-order valence-corrected chi connectivity index (χ3v) is 4.77. The number of rotatable bonds is 4. The van der Waals surface area contributed by atoms with E-state index in [-0.39, 0.29) is 18.6 Å². The molecule has 116 valence electrons. The van der Waals surface area contributed by atoms with Gasteiger partial charge in [-0.2, -0.15) is 5.26 Å². The van der Waals surface area contributed by atoms with Crippen molar-refractivity contribution in [2.75, 3.05) is 12.4 Å². The van der Waals surface area contributed by atoms with Gasteiger partial charge in [0.25, 0.3) is 5.91 Å². The van der Waals surface area contributed by atoms with E-state index in [1.807, 2.05) is 30.0 Å². The van der Waals surface area contributed by atoms with E-state index in [0.717, 1.165) is 12.2 Å². The minimum absolute atomic E-state index is 0.0300. The van der Waals surface area contributed by atoms with Gasteiger partial charge in [0.05, 0.1) is 17.7 Å². The number of nitriles is 1. The predicted molar refractivity (Wildman–Crippen MR) is 89.3 cm³/mol. The lowest BCUT2D eigenvalue weighted by molar-refractivity contribution is -0.123. The number of nitrogens with zero attached hydrogens (tertiary/aromatic N) is 1. The lowest BCUT2D eigenvalue weighted by Crippen LogP contribution is -2.34. The van der Waals surface area contributed by atoms with E-state index >= 15 is 0 Å². The minimum atomic E-state index is -0.138.